The van der Waals surface area contributed by atoms with E-state index in [1.807, 2.05) is 18.3 Å². The molecule has 3 heterocycles. The number of hydrogen-bond donors (Lipinski definition) is 2. The van der Waals surface area contributed by atoms with E-state index < -0.39 is 0 Å². The second-order valence-corrected chi connectivity index (χ2v) is 7.56. The third-order valence-electron chi connectivity index (χ3n) is 5.27. The minimum Gasteiger partial charge on any atom is -0.495 e. The fourth-order valence-corrected chi connectivity index (χ4v) is 3.76. The molecular formula is C22H25N7O3. The number of rotatable bonds is 6. The monoisotopic (exact) mass is 435 g/mol. The molecule has 1 unspecified atom stereocenters. The molecule has 1 aliphatic rings. The summed E-state index contributed by atoms with van der Waals surface area (Å²) in [4.78, 5) is 35.2. The molecule has 10 heteroatoms. The molecule has 10 nitrogen and oxygen atoms in total. The molecular weight excluding hydrogens is 410 g/mol. The Bertz CT molecular complexity index is 1100. The third kappa shape index (κ3) is 4.85. The lowest BCUT2D eigenvalue weighted by molar-refractivity contribution is -0.120. The highest BCUT2D eigenvalue weighted by atomic mass is 16.5. The van der Waals surface area contributed by atoms with Crippen LogP contribution in [0.4, 0.5) is 17.2 Å². The Hall–Kier alpha value is -3.95. The standard InChI is InChI=1S/C22H25N7O3/c1-15(30)26-17-6-7-19(32-2)18(11-17)27-22(31)16-5-3-9-28(13-16)20-12-21(24-14-23-20)29-10-4-8-25-29/h4,6-8,10-12,14,16H,3,5,9,13H2,1-2H3,(H,26,30)(H,27,31). The van der Waals surface area contributed by atoms with Crippen LogP contribution in [-0.4, -0.2) is 51.8 Å². The highest BCUT2D eigenvalue weighted by Gasteiger charge is 2.27. The number of ether oxygens (including phenoxy) is 1. The van der Waals surface area contributed by atoms with Crippen molar-refractivity contribution in [2.24, 2.45) is 5.92 Å². The van der Waals surface area contributed by atoms with Crippen LogP contribution in [0, 0.1) is 5.92 Å². The van der Waals surface area contributed by atoms with Crippen LogP contribution < -0.4 is 20.3 Å². The van der Waals surface area contributed by atoms with Gasteiger partial charge in [-0.3, -0.25) is 9.59 Å². The molecule has 4 rings (SSSR count). The fraction of sp³-hybridized carbons (Fsp3) is 0.318. The first kappa shape index (κ1) is 21.3. The fourth-order valence-electron chi connectivity index (χ4n) is 3.76. The number of benzene rings is 1. The summed E-state index contributed by atoms with van der Waals surface area (Å²) in [6.45, 7) is 2.78. The summed E-state index contributed by atoms with van der Waals surface area (Å²) >= 11 is 0. The molecule has 1 aliphatic heterocycles. The van der Waals surface area contributed by atoms with E-state index in [0.29, 0.717) is 29.5 Å². The zero-order valence-electron chi connectivity index (χ0n) is 18.0. The van der Waals surface area contributed by atoms with E-state index in [-0.39, 0.29) is 17.7 Å². The molecule has 2 aromatic heterocycles. The summed E-state index contributed by atoms with van der Waals surface area (Å²) in [6.07, 6.45) is 6.66. The van der Waals surface area contributed by atoms with Crippen LogP contribution in [0.5, 0.6) is 5.75 Å². The highest BCUT2D eigenvalue weighted by molar-refractivity contribution is 5.96. The van der Waals surface area contributed by atoms with Crippen molar-refractivity contribution in [2.45, 2.75) is 19.8 Å². The van der Waals surface area contributed by atoms with Gasteiger partial charge < -0.3 is 20.3 Å². The molecule has 0 spiro atoms. The second-order valence-electron chi connectivity index (χ2n) is 7.56. The van der Waals surface area contributed by atoms with Crippen LogP contribution >= 0.6 is 0 Å². The van der Waals surface area contributed by atoms with E-state index in [2.05, 4.69) is 30.6 Å². The molecule has 166 valence electrons. The van der Waals surface area contributed by atoms with Crippen LogP contribution in [0.1, 0.15) is 19.8 Å². The van der Waals surface area contributed by atoms with Crippen LogP contribution in [0.25, 0.3) is 5.82 Å². The average Bonchev–Trinajstić information content (AvgIpc) is 3.34. The van der Waals surface area contributed by atoms with Gasteiger partial charge in [0.1, 0.15) is 17.9 Å². The van der Waals surface area contributed by atoms with Crippen molar-refractivity contribution in [1.29, 1.82) is 0 Å². The normalized spacial score (nSPS) is 15.8. The molecule has 1 atom stereocenters. The molecule has 0 radical (unpaired) electrons. The first-order chi connectivity index (χ1) is 15.5. The predicted octanol–water partition coefficient (Wildman–Crippen LogP) is 2.48. The van der Waals surface area contributed by atoms with Crippen molar-refractivity contribution in [1.82, 2.24) is 19.7 Å². The minimum atomic E-state index is -0.221. The Labute approximate surface area is 185 Å². The van der Waals surface area contributed by atoms with Gasteiger partial charge in [0.25, 0.3) is 0 Å². The van der Waals surface area contributed by atoms with Gasteiger partial charge in [-0.15, -0.1) is 0 Å². The maximum absolute atomic E-state index is 13.1. The van der Waals surface area contributed by atoms with Gasteiger partial charge in [-0.25, -0.2) is 14.6 Å². The molecule has 1 fully saturated rings. The van der Waals surface area contributed by atoms with E-state index >= 15 is 0 Å². The molecule has 1 aromatic carbocycles. The van der Waals surface area contributed by atoms with Crippen molar-refractivity contribution in [2.75, 3.05) is 35.7 Å². The van der Waals surface area contributed by atoms with Gasteiger partial charge in [0, 0.05) is 44.2 Å². The molecule has 2 amide bonds. The first-order valence-corrected chi connectivity index (χ1v) is 10.4. The lowest BCUT2D eigenvalue weighted by atomic mass is 9.97. The average molecular weight is 435 g/mol. The summed E-state index contributed by atoms with van der Waals surface area (Å²) in [5.41, 5.74) is 1.11. The van der Waals surface area contributed by atoms with E-state index in [1.165, 1.54) is 20.4 Å². The Morgan fingerprint density at radius 2 is 2.00 bits per heavy atom. The van der Waals surface area contributed by atoms with E-state index in [1.54, 1.807) is 29.1 Å². The summed E-state index contributed by atoms with van der Waals surface area (Å²) in [5, 5.41) is 9.89. The van der Waals surface area contributed by atoms with Gasteiger partial charge in [-0.1, -0.05) is 0 Å². The van der Waals surface area contributed by atoms with E-state index in [4.69, 9.17) is 4.74 Å². The quantitative estimate of drug-likeness (QED) is 0.611. The van der Waals surface area contributed by atoms with Gasteiger partial charge in [0.15, 0.2) is 5.82 Å². The SMILES string of the molecule is COc1ccc(NC(C)=O)cc1NC(=O)C1CCCN(c2cc(-n3cccn3)ncn2)C1. The maximum atomic E-state index is 13.1. The van der Waals surface area contributed by atoms with Crippen LogP contribution in [0.15, 0.2) is 49.1 Å². The number of amides is 2. The van der Waals surface area contributed by atoms with Gasteiger partial charge >= 0.3 is 0 Å². The van der Waals surface area contributed by atoms with Crippen LogP contribution in [-0.2, 0) is 9.59 Å². The summed E-state index contributed by atoms with van der Waals surface area (Å²) in [5.74, 6) is 1.45. The van der Waals surface area contributed by atoms with E-state index in [9.17, 15) is 9.59 Å². The number of aromatic nitrogens is 4. The highest BCUT2D eigenvalue weighted by Crippen LogP contribution is 2.30. The molecule has 1 saturated heterocycles. The van der Waals surface area contributed by atoms with Crippen LogP contribution in [0.2, 0.25) is 0 Å². The maximum Gasteiger partial charge on any atom is 0.229 e. The number of anilines is 3. The number of carbonyl (C=O) groups is 2. The minimum absolute atomic E-state index is 0.102. The van der Waals surface area contributed by atoms with Crippen molar-refractivity contribution in [3.05, 3.63) is 49.1 Å². The molecule has 0 aliphatic carbocycles. The van der Waals surface area contributed by atoms with Crippen molar-refractivity contribution >= 4 is 29.0 Å². The summed E-state index contributed by atoms with van der Waals surface area (Å²) < 4.78 is 7.04. The van der Waals surface area contributed by atoms with Crippen molar-refractivity contribution < 1.29 is 14.3 Å². The number of nitrogens with zero attached hydrogens (tertiary/aromatic N) is 5. The molecule has 32 heavy (non-hydrogen) atoms. The zero-order chi connectivity index (χ0) is 22.5. The zero-order valence-corrected chi connectivity index (χ0v) is 18.0. The summed E-state index contributed by atoms with van der Waals surface area (Å²) in [7, 11) is 1.54. The molecule has 3 aromatic rings. The van der Waals surface area contributed by atoms with Gasteiger partial charge in [0.2, 0.25) is 11.8 Å². The van der Waals surface area contributed by atoms with Crippen molar-refractivity contribution in [3.63, 3.8) is 0 Å². The number of methoxy groups -OCH3 is 1. The van der Waals surface area contributed by atoms with Crippen molar-refractivity contribution in [3.8, 4) is 11.6 Å². The molecule has 0 saturated carbocycles. The largest absolute Gasteiger partial charge is 0.495 e. The Morgan fingerprint density at radius 3 is 2.75 bits per heavy atom. The molecule has 2 N–H and O–H groups in total. The number of carbonyl (C=O) groups excluding carboxylic acids is 2. The number of hydrogen-bond acceptors (Lipinski definition) is 7. The number of piperidine rings is 1. The van der Waals surface area contributed by atoms with E-state index in [0.717, 1.165) is 25.2 Å². The Morgan fingerprint density at radius 1 is 1.16 bits per heavy atom. The van der Waals surface area contributed by atoms with Gasteiger partial charge in [0.05, 0.1) is 18.7 Å². The lowest BCUT2D eigenvalue weighted by Crippen LogP contribution is -2.41. The lowest BCUT2D eigenvalue weighted by Gasteiger charge is -2.33. The third-order valence-corrected chi connectivity index (χ3v) is 5.27. The van der Waals surface area contributed by atoms with Crippen LogP contribution in [0.3, 0.4) is 0 Å². The first-order valence-electron chi connectivity index (χ1n) is 10.4. The smallest absolute Gasteiger partial charge is 0.229 e. The molecule has 0 bridgehead atoms. The second kappa shape index (κ2) is 9.46. The Balaban J connectivity index is 1.48. The predicted molar refractivity (Wildman–Crippen MR) is 120 cm³/mol. The summed E-state index contributed by atoms with van der Waals surface area (Å²) in [6, 6.07) is 8.83. The Kier molecular flexibility index (Phi) is 6.29. The topological polar surface area (TPSA) is 114 Å². The van der Waals surface area contributed by atoms with Gasteiger partial charge in [-0.2, -0.15) is 5.10 Å². The number of nitrogens with one attached hydrogen (secondary N) is 2. The van der Waals surface area contributed by atoms with Gasteiger partial charge in [-0.05, 0) is 37.1 Å².